The molecule has 0 amide bonds. The maximum atomic E-state index is 12.2. The molecule has 5 nitrogen and oxygen atoms in total. The number of nitrogen functional groups attached to an aromatic ring is 1. The zero-order chi connectivity index (χ0) is 11.6. The Bertz CT molecular complexity index is 498. The van der Waals surface area contributed by atoms with Gasteiger partial charge >= 0.3 is 10.5 Å². The van der Waals surface area contributed by atoms with Gasteiger partial charge in [-0.25, -0.2) is 0 Å². The highest BCUT2D eigenvalue weighted by Crippen LogP contribution is 2.24. The second kappa shape index (κ2) is 3.85. The van der Waals surface area contributed by atoms with Crippen molar-refractivity contribution in [3.8, 4) is 5.75 Å². The van der Waals surface area contributed by atoms with Gasteiger partial charge in [0.15, 0.2) is 6.29 Å². The van der Waals surface area contributed by atoms with Crippen molar-refractivity contribution in [2.45, 2.75) is 6.92 Å². The highest BCUT2D eigenvalue weighted by Gasteiger charge is 2.12. The standard InChI is InChI=1S/C8H8FNO4S/c1-5-6(4-11)2-7(3-8(5)10)14-15(9,12)13/h2-4H,10H2,1H3. The van der Waals surface area contributed by atoms with Crippen molar-refractivity contribution in [1.82, 2.24) is 0 Å². The van der Waals surface area contributed by atoms with Gasteiger partial charge in [-0.3, -0.25) is 4.79 Å². The van der Waals surface area contributed by atoms with Crippen molar-refractivity contribution < 1.29 is 21.3 Å². The number of halogens is 1. The number of rotatable bonds is 3. The molecule has 15 heavy (non-hydrogen) atoms. The SMILES string of the molecule is Cc1c(N)cc(OS(=O)(=O)F)cc1C=O. The molecule has 0 saturated heterocycles. The summed E-state index contributed by atoms with van der Waals surface area (Å²) in [4.78, 5) is 10.5. The van der Waals surface area contributed by atoms with E-state index < -0.39 is 10.5 Å². The third-order valence-electron chi connectivity index (χ3n) is 1.78. The molecule has 2 N–H and O–H groups in total. The molecule has 0 aliphatic carbocycles. The third kappa shape index (κ3) is 2.91. The van der Waals surface area contributed by atoms with Crippen molar-refractivity contribution in [1.29, 1.82) is 0 Å². The van der Waals surface area contributed by atoms with Crippen LogP contribution < -0.4 is 9.92 Å². The number of anilines is 1. The molecule has 1 aromatic carbocycles. The first kappa shape index (κ1) is 11.4. The van der Waals surface area contributed by atoms with E-state index in [2.05, 4.69) is 4.18 Å². The van der Waals surface area contributed by atoms with Gasteiger partial charge in [-0.2, -0.15) is 8.42 Å². The fourth-order valence-corrected chi connectivity index (χ4v) is 1.34. The monoisotopic (exact) mass is 233 g/mol. The van der Waals surface area contributed by atoms with Crippen LogP contribution in [-0.4, -0.2) is 14.7 Å². The zero-order valence-electron chi connectivity index (χ0n) is 7.73. The first-order valence-electron chi connectivity index (χ1n) is 3.83. The average Bonchev–Trinajstić information content (AvgIpc) is 2.08. The van der Waals surface area contributed by atoms with Gasteiger partial charge in [-0.15, -0.1) is 0 Å². The van der Waals surface area contributed by atoms with Gasteiger partial charge in [0, 0.05) is 17.3 Å². The van der Waals surface area contributed by atoms with Crippen molar-refractivity contribution >= 4 is 22.5 Å². The first-order valence-corrected chi connectivity index (χ1v) is 5.13. The summed E-state index contributed by atoms with van der Waals surface area (Å²) in [6.45, 7) is 1.58. The Hall–Kier alpha value is -1.63. The van der Waals surface area contributed by atoms with E-state index in [1.54, 1.807) is 6.92 Å². The van der Waals surface area contributed by atoms with Crippen LogP contribution in [0.3, 0.4) is 0 Å². The highest BCUT2D eigenvalue weighted by atomic mass is 32.3. The summed E-state index contributed by atoms with van der Waals surface area (Å²) in [5.41, 5.74) is 6.24. The quantitative estimate of drug-likeness (QED) is 0.477. The number of aldehydes is 1. The molecule has 0 aromatic heterocycles. The second-order valence-corrected chi connectivity index (χ2v) is 3.77. The van der Waals surface area contributed by atoms with Crippen LogP contribution in [0, 0.1) is 6.92 Å². The van der Waals surface area contributed by atoms with Gasteiger partial charge in [-0.1, -0.05) is 3.89 Å². The van der Waals surface area contributed by atoms with E-state index in [1.165, 1.54) is 0 Å². The molecule has 1 rings (SSSR count). The molecule has 82 valence electrons. The lowest BCUT2D eigenvalue weighted by atomic mass is 10.1. The maximum Gasteiger partial charge on any atom is 0.488 e. The van der Waals surface area contributed by atoms with Gasteiger partial charge in [0.2, 0.25) is 0 Å². The summed E-state index contributed by atoms with van der Waals surface area (Å²) in [7, 11) is -5.10. The Kier molecular flexibility index (Phi) is 2.94. The van der Waals surface area contributed by atoms with Crippen molar-refractivity contribution in [3.63, 3.8) is 0 Å². The van der Waals surface area contributed by atoms with E-state index in [-0.39, 0.29) is 17.0 Å². The van der Waals surface area contributed by atoms with Gasteiger partial charge in [-0.05, 0) is 18.6 Å². The normalized spacial score (nSPS) is 11.1. The summed E-state index contributed by atoms with van der Waals surface area (Å²) in [5.74, 6) is -0.331. The fraction of sp³-hybridized carbons (Fsp3) is 0.125. The minimum absolute atomic E-state index is 0.147. The predicted octanol–water partition coefficient (Wildman–Crippen LogP) is 0.983. The first-order chi connectivity index (χ1) is 6.83. The Morgan fingerprint density at radius 3 is 2.53 bits per heavy atom. The Balaban J connectivity index is 3.23. The van der Waals surface area contributed by atoms with E-state index in [4.69, 9.17) is 5.73 Å². The van der Waals surface area contributed by atoms with Crippen LogP contribution in [0.5, 0.6) is 5.75 Å². The lowest BCUT2D eigenvalue weighted by Crippen LogP contribution is -2.03. The van der Waals surface area contributed by atoms with Crippen LogP contribution in [0.25, 0.3) is 0 Å². The van der Waals surface area contributed by atoms with E-state index in [9.17, 15) is 17.1 Å². The molecule has 0 aliphatic rings. The molecule has 0 saturated carbocycles. The number of hydrogen-bond acceptors (Lipinski definition) is 5. The number of hydrogen-bond donors (Lipinski definition) is 1. The number of nitrogens with two attached hydrogens (primary N) is 1. The van der Waals surface area contributed by atoms with E-state index >= 15 is 0 Å². The van der Waals surface area contributed by atoms with Crippen LogP contribution >= 0.6 is 0 Å². The van der Waals surface area contributed by atoms with Gasteiger partial charge in [0.25, 0.3) is 0 Å². The summed E-state index contributed by atoms with van der Waals surface area (Å²) in [5, 5.41) is 0. The predicted molar refractivity (Wildman–Crippen MR) is 51.6 cm³/mol. The molecule has 0 aliphatic heterocycles. The van der Waals surface area contributed by atoms with Crippen LogP contribution in [0.4, 0.5) is 9.57 Å². The smallest absolute Gasteiger partial charge is 0.398 e. The lowest BCUT2D eigenvalue weighted by molar-refractivity contribution is 0.112. The minimum atomic E-state index is -5.10. The molecular weight excluding hydrogens is 225 g/mol. The molecule has 0 unspecified atom stereocenters. The van der Waals surface area contributed by atoms with Crippen molar-refractivity contribution in [2.24, 2.45) is 0 Å². The average molecular weight is 233 g/mol. The van der Waals surface area contributed by atoms with Crippen molar-refractivity contribution in [3.05, 3.63) is 23.3 Å². The molecular formula is C8H8FNO4S. The maximum absolute atomic E-state index is 12.2. The summed E-state index contributed by atoms with van der Waals surface area (Å²) in [6.07, 6.45) is 0.476. The van der Waals surface area contributed by atoms with Gasteiger partial charge in [0.05, 0.1) is 0 Å². The molecule has 0 radical (unpaired) electrons. The summed E-state index contributed by atoms with van der Waals surface area (Å²) in [6, 6.07) is 2.22. The Labute approximate surface area is 86.1 Å². The highest BCUT2D eigenvalue weighted by molar-refractivity contribution is 7.81. The fourth-order valence-electron chi connectivity index (χ4n) is 1.02. The van der Waals surface area contributed by atoms with E-state index in [0.29, 0.717) is 11.8 Å². The third-order valence-corrected chi connectivity index (χ3v) is 2.18. The minimum Gasteiger partial charge on any atom is -0.398 e. The summed E-state index contributed by atoms with van der Waals surface area (Å²) < 4.78 is 36.5. The molecule has 0 spiro atoms. The number of benzene rings is 1. The lowest BCUT2D eigenvalue weighted by Gasteiger charge is -2.06. The van der Waals surface area contributed by atoms with Crippen LogP contribution in [-0.2, 0) is 10.5 Å². The van der Waals surface area contributed by atoms with E-state index in [1.807, 2.05) is 0 Å². The van der Waals surface area contributed by atoms with Crippen molar-refractivity contribution in [2.75, 3.05) is 5.73 Å². The molecule has 1 aromatic rings. The topological polar surface area (TPSA) is 86.5 Å². The number of carbonyl (C=O) groups is 1. The van der Waals surface area contributed by atoms with Crippen LogP contribution in [0.1, 0.15) is 15.9 Å². The molecule has 0 bridgehead atoms. The number of carbonyl (C=O) groups excluding carboxylic acids is 1. The molecule has 0 heterocycles. The molecule has 0 fully saturated rings. The van der Waals surface area contributed by atoms with Crippen LogP contribution in [0.2, 0.25) is 0 Å². The Morgan fingerprint density at radius 2 is 2.07 bits per heavy atom. The zero-order valence-corrected chi connectivity index (χ0v) is 8.55. The largest absolute Gasteiger partial charge is 0.488 e. The second-order valence-electron chi connectivity index (χ2n) is 2.82. The summed E-state index contributed by atoms with van der Waals surface area (Å²) >= 11 is 0. The van der Waals surface area contributed by atoms with Crippen LogP contribution in [0.15, 0.2) is 12.1 Å². The molecule has 0 atom stereocenters. The Morgan fingerprint density at radius 1 is 1.47 bits per heavy atom. The van der Waals surface area contributed by atoms with E-state index in [0.717, 1.165) is 12.1 Å². The van der Waals surface area contributed by atoms with Gasteiger partial charge < -0.3 is 9.92 Å². The van der Waals surface area contributed by atoms with Gasteiger partial charge in [0.1, 0.15) is 5.75 Å². The molecule has 7 heteroatoms.